The smallest absolute Gasteiger partial charge is 0.234 e. The van der Waals surface area contributed by atoms with Gasteiger partial charge in [0.05, 0.1) is 17.0 Å². The summed E-state index contributed by atoms with van der Waals surface area (Å²) in [6, 6.07) is 16.8. The molecule has 0 saturated heterocycles. The average Bonchev–Trinajstić information content (AvgIpc) is 2.47. The fourth-order valence-corrected chi connectivity index (χ4v) is 2.52. The largest absolute Gasteiger partial charge is 0.324 e. The summed E-state index contributed by atoms with van der Waals surface area (Å²) in [6.45, 7) is 0. The van der Waals surface area contributed by atoms with Crippen molar-refractivity contribution < 1.29 is 4.79 Å². The maximum absolute atomic E-state index is 11.9. The van der Waals surface area contributed by atoms with Crippen LogP contribution in [0.5, 0.6) is 0 Å². The van der Waals surface area contributed by atoms with Crippen LogP contribution in [0.2, 0.25) is 0 Å². The summed E-state index contributed by atoms with van der Waals surface area (Å²) in [5.74, 6) is 0.183. The Morgan fingerprint density at radius 1 is 1.20 bits per heavy atom. The Labute approximate surface area is 130 Å². The lowest BCUT2D eigenvalue weighted by Gasteiger charge is -2.06. The lowest BCUT2D eigenvalue weighted by molar-refractivity contribution is -0.113. The van der Waals surface area contributed by atoms with Crippen molar-refractivity contribution in [1.29, 1.82) is 5.26 Å². The van der Waals surface area contributed by atoms with Gasteiger partial charge in [-0.2, -0.15) is 5.26 Å². The molecule has 5 heteroatoms. The molecule has 0 aliphatic carbocycles. The number of hydrogen-bond acceptors (Lipinski definition) is 3. The predicted molar refractivity (Wildman–Crippen MR) is 84.7 cm³/mol. The Hall–Kier alpha value is -1.77. The summed E-state index contributed by atoms with van der Waals surface area (Å²) in [7, 11) is 0. The lowest BCUT2D eigenvalue weighted by atomic mass is 10.2. The van der Waals surface area contributed by atoms with E-state index in [1.165, 1.54) is 11.8 Å². The number of carbonyl (C=O) groups excluding carboxylic acids is 1. The van der Waals surface area contributed by atoms with Crippen LogP contribution in [0.25, 0.3) is 0 Å². The van der Waals surface area contributed by atoms with Crippen LogP contribution in [0.3, 0.4) is 0 Å². The lowest BCUT2D eigenvalue weighted by Crippen LogP contribution is -2.14. The van der Waals surface area contributed by atoms with Crippen LogP contribution in [0.4, 0.5) is 5.69 Å². The zero-order chi connectivity index (χ0) is 14.4. The van der Waals surface area contributed by atoms with Gasteiger partial charge in [0.15, 0.2) is 0 Å². The zero-order valence-corrected chi connectivity index (χ0v) is 12.9. The van der Waals surface area contributed by atoms with Crippen LogP contribution in [-0.2, 0) is 4.79 Å². The van der Waals surface area contributed by atoms with E-state index in [0.717, 1.165) is 9.37 Å². The summed E-state index contributed by atoms with van der Waals surface area (Å²) in [5, 5.41) is 11.7. The van der Waals surface area contributed by atoms with Gasteiger partial charge in [0.2, 0.25) is 5.91 Å². The first-order valence-corrected chi connectivity index (χ1v) is 7.64. The Bertz CT molecular complexity index is 650. The molecular weight excluding hydrogens is 336 g/mol. The van der Waals surface area contributed by atoms with Gasteiger partial charge in [-0.15, -0.1) is 11.8 Å². The Morgan fingerprint density at radius 3 is 2.60 bits per heavy atom. The second-order valence-electron chi connectivity index (χ2n) is 3.95. The third kappa shape index (κ3) is 4.12. The molecule has 3 nitrogen and oxygen atoms in total. The fourth-order valence-electron chi connectivity index (χ4n) is 1.56. The van der Waals surface area contributed by atoms with Crippen LogP contribution in [0, 0.1) is 11.3 Å². The maximum atomic E-state index is 11.9. The number of para-hydroxylation sites is 1. The second kappa shape index (κ2) is 7.13. The highest BCUT2D eigenvalue weighted by Gasteiger charge is 2.06. The molecule has 2 aromatic carbocycles. The Kier molecular flexibility index (Phi) is 5.22. The molecule has 2 rings (SSSR count). The second-order valence-corrected chi connectivity index (χ2v) is 5.91. The van der Waals surface area contributed by atoms with E-state index in [1.54, 1.807) is 24.3 Å². The van der Waals surface area contributed by atoms with Crippen molar-refractivity contribution in [2.75, 3.05) is 11.1 Å². The highest BCUT2D eigenvalue weighted by Crippen LogP contribution is 2.21. The Balaban J connectivity index is 1.93. The summed E-state index contributed by atoms with van der Waals surface area (Å²) in [5.41, 5.74) is 1.02. The molecule has 0 atom stereocenters. The third-order valence-corrected chi connectivity index (χ3v) is 4.05. The summed E-state index contributed by atoms with van der Waals surface area (Å²) in [6.07, 6.45) is 0. The number of amides is 1. The third-order valence-electron chi connectivity index (χ3n) is 2.51. The average molecular weight is 347 g/mol. The molecule has 20 heavy (non-hydrogen) atoms. The van der Waals surface area contributed by atoms with Gasteiger partial charge in [0.1, 0.15) is 6.07 Å². The standard InChI is InChI=1S/C15H11BrN2OS/c16-12-5-7-13(8-6-12)20-10-15(19)18-14-4-2-1-3-11(14)9-17/h1-8H,10H2,(H,18,19). The molecule has 0 bridgehead atoms. The maximum Gasteiger partial charge on any atom is 0.234 e. The van der Waals surface area contributed by atoms with E-state index in [-0.39, 0.29) is 5.91 Å². The topological polar surface area (TPSA) is 52.9 Å². The van der Waals surface area contributed by atoms with Gasteiger partial charge in [-0.3, -0.25) is 4.79 Å². The number of hydrogen-bond donors (Lipinski definition) is 1. The van der Waals surface area contributed by atoms with Gasteiger partial charge in [-0.1, -0.05) is 28.1 Å². The minimum atomic E-state index is -0.124. The SMILES string of the molecule is N#Cc1ccccc1NC(=O)CSc1ccc(Br)cc1. The minimum absolute atomic E-state index is 0.124. The van der Waals surface area contributed by atoms with E-state index in [4.69, 9.17) is 5.26 Å². The van der Waals surface area contributed by atoms with Crippen LogP contribution in [-0.4, -0.2) is 11.7 Å². The quantitative estimate of drug-likeness (QED) is 0.849. The monoisotopic (exact) mass is 346 g/mol. The van der Waals surface area contributed by atoms with E-state index in [1.807, 2.05) is 24.3 Å². The van der Waals surface area contributed by atoms with Crippen molar-refractivity contribution in [3.63, 3.8) is 0 Å². The van der Waals surface area contributed by atoms with E-state index in [2.05, 4.69) is 27.3 Å². The van der Waals surface area contributed by atoms with Gasteiger partial charge in [0.25, 0.3) is 0 Å². The molecule has 0 saturated carbocycles. The minimum Gasteiger partial charge on any atom is -0.324 e. The number of halogens is 1. The summed E-state index contributed by atoms with van der Waals surface area (Å²) in [4.78, 5) is 12.9. The zero-order valence-electron chi connectivity index (χ0n) is 10.5. The highest BCUT2D eigenvalue weighted by atomic mass is 79.9. The number of nitrogens with zero attached hydrogens (tertiary/aromatic N) is 1. The first-order chi connectivity index (χ1) is 9.69. The molecule has 2 aromatic rings. The van der Waals surface area contributed by atoms with Gasteiger partial charge in [-0.25, -0.2) is 0 Å². The molecule has 0 heterocycles. The molecule has 0 aliphatic rings. The van der Waals surface area contributed by atoms with Crippen LogP contribution in [0.15, 0.2) is 57.9 Å². The van der Waals surface area contributed by atoms with Crippen molar-refractivity contribution in [3.05, 3.63) is 58.6 Å². The number of thioether (sulfide) groups is 1. The van der Waals surface area contributed by atoms with Gasteiger partial charge < -0.3 is 5.32 Å². The van der Waals surface area contributed by atoms with Crippen molar-refractivity contribution >= 4 is 39.3 Å². The molecule has 1 N–H and O–H groups in total. The number of rotatable bonds is 4. The first kappa shape index (κ1) is 14.6. The molecule has 0 fully saturated rings. The number of nitriles is 1. The van der Waals surface area contributed by atoms with Crippen LogP contribution >= 0.6 is 27.7 Å². The van der Waals surface area contributed by atoms with Gasteiger partial charge >= 0.3 is 0 Å². The van der Waals surface area contributed by atoms with E-state index < -0.39 is 0 Å². The normalized spacial score (nSPS) is 9.80. The first-order valence-electron chi connectivity index (χ1n) is 5.86. The number of benzene rings is 2. The van der Waals surface area contributed by atoms with Crippen LogP contribution < -0.4 is 5.32 Å². The molecule has 100 valence electrons. The predicted octanol–water partition coefficient (Wildman–Crippen LogP) is 4.05. The van der Waals surface area contributed by atoms with Crippen LogP contribution in [0.1, 0.15) is 5.56 Å². The molecule has 0 aromatic heterocycles. The fraction of sp³-hybridized carbons (Fsp3) is 0.0667. The van der Waals surface area contributed by atoms with Crippen molar-refractivity contribution in [2.24, 2.45) is 0 Å². The number of anilines is 1. The molecule has 0 spiro atoms. The van der Waals surface area contributed by atoms with Crippen molar-refractivity contribution in [1.82, 2.24) is 0 Å². The summed E-state index contributed by atoms with van der Waals surface area (Å²) >= 11 is 4.82. The molecule has 0 radical (unpaired) electrons. The Morgan fingerprint density at radius 2 is 1.90 bits per heavy atom. The molecule has 1 amide bonds. The number of carbonyl (C=O) groups is 1. The summed E-state index contributed by atoms with van der Waals surface area (Å²) < 4.78 is 1.01. The van der Waals surface area contributed by atoms with E-state index >= 15 is 0 Å². The molecule has 0 unspecified atom stereocenters. The van der Waals surface area contributed by atoms with E-state index in [0.29, 0.717) is 17.0 Å². The van der Waals surface area contributed by atoms with Gasteiger partial charge in [0, 0.05) is 9.37 Å². The van der Waals surface area contributed by atoms with Crippen molar-refractivity contribution in [3.8, 4) is 6.07 Å². The highest BCUT2D eigenvalue weighted by molar-refractivity contribution is 9.10. The molecule has 0 aliphatic heterocycles. The van der Waals surface area contributed by atoms with E-state index in [9.17, 15) is 4.79 Å². The van der Waals surface area contributed by atoms with Crippen molar-refractivity contribution in [2.45, 2.75) is 4.90 Å². The molecular formula is C15H11BrN2OS. The number of nitrogens with one attached hydrogen (secondary N) is 1. The van der Waals surface area contributed by atoms with Gasteiger partial charge in [-0.05, 0) is 36.4 Å².